The molecule has 5 nitrogen and oxygen atoms in total. The highest BCUT2D eigenvalue weighted by Gasteiger charge is 2.27. The van der Waals surface area contributed by atoms with E-state index in [1.807, 2.05) is 37.8 Å². The SMILES string of the molecule is C[C@H](NC[C@@H]1CCCN(C(=O)OC(C)(C)C)C1)c1ccco1. The van der Waals surface area contributed by atoms with Crippen LogP contribution in [0.25, 0.3) is 0 Å². The topological polar surface area (TPSA) is 54.7 Å². The van der Waals surface area contributed by atoms with Gasteiger partial charge in [0.25, 0.3) is 0 Å². The van der Waals surface area contributed by atoms with E-state index in [9.17, 15) is 4.79 Å². The zero-order valence-corrected chi connectivity index (χ0v) is 14.1. The lowest BCUT2D eigenvalue weighted by Crippen LogP contribution is -2.45. The molecule has 5 heteroatoms. The van der Waals surface area contributed by atoms with Crippen LogP contribution in [0.5, 0.6) is 0 Å². The maximum absolute atomic E-state index is 12.2. The third-order valence-corrected chi connectivity index (χ3v) is 3.85. The molecule has 0 spiro atoms. The minimum Gasteiger partial charge on any atom is -0.468 e. The van der Waals surface area contributed by atoms with Gasteiger partial charge in [-0.05, 0) is 58.6 Å². The first kappa shape index (κ1) is 16.9. The number of piperidine rings is 1. The fraction of sp³-hybridized carbons (Fsp3) is 0.706. The molecule has 2 atom stereocenters. The van der Waals surface area contributed by atoms with Crippen LogP contribution in [0, 0.1) is 5.92 Å². The largest absolute Gasteiger partial charge is 0.468 e. The fourth-order valence-electron chi connectivity index (χ4n) is 2.71. The molecule has 1 fully saturated rings. The summed E-state index contributed by atoms with van der Waals surface area (Å²) in [4.78, 5) is 14.0. The van der Waals surface area contributed by atoms with Crippen molar-refractivity contribution >= 4 is 6.09 Å². The van der Waals surface area contributed by atoms with Gasteiger partial charge in [-0.2, -0.15) is 0 Å². The number of rotatable bonds is 4. The summed E-state index contributed by atoms with van der Waals surface area (Å²) in [6, 6.07) is 4.07. The van der Waals surface area contributed by atoms with Gasteiger partial charge in [0.2, 0.25) is 0 Å². The van der Waals surface area contributed by atoms with Gasteiger partial charge in [-0.3, -0.25) is 0 Å². The molecule has 0 radical (unpaired) electrons. The molecule has 1 aromatic rings. The van der Waals surface area contributed by atoms with E-state index in [-0.39, 0.29) is 12.1 Å². The Morgan fingerprint density at radius 2 is 2.32 bits per heavy atom. The standard InChI is InChI=1S/C17H28N2O3/c1-13(15-8-6-10-21-15)18-11-14-7-5-9-19(12-14)16(20)22-17(2,3)4/h6,8,10,13-14,18H,5,7,9,11-12H2,1-4H3/t13-,14-/m0/s1. The van der Waals surface area contributed by atoms with E-state index in [4.69, 9.17) is 9.15 Å². The average molecular weight is 308 g/mol. The molecule has 1 saturated heterocycles. The normalized spacial score (nSPS) is 20.7. The third kappa shape index (κ3) is 5.05. The molecule has 0 unspecified atom stereocenters. The highest BCUT2D eigenvalue weighted by atomic mass is 16.6. The molecule has 1 aromatic heterocycles. The van der Waals surface area contributed by atoms with E-state index in [0.29, 0.717) is 5.92 Å². The van der Waals surface area contributed by atoms with Crippen molar-refractivity contribution in [2.75, 3.05) is 19.6 Å². The van der Waals surface area contributed by atoms with Crippen molar-refractivity contribution in [3.63, 3.8) is 0 Å². The van der Waals surface area contributed by atoms with Crippen molar-refractivity contribution in [2.24, 2.45) is 5.92 Å². The summed E-state index contributed by atoms with van der Waals surface area (Å²) in [7, 11) is 0. The number of carbonyl (C=O) groups is 1. The quantitative estimate of drug-likeness (QED) is 0.923. The molecule has 1 aliphatic heterocycles. The molecule has 2 heterocycles. The molecular formula is C17H28N2O3. The van der Waals surface area contributed by atoms with Crippen LogP contribution in [-0.4, -0.2) is 36.2 Å². The van der Waals surface area contributed by atoms with E-state index in [1.165, 1.54) is 0 Å². The number of carbonyl (C=O) groups excluding carboxylic acids is 1. The molecule has 1 amide bonds. The van der Waals surface area contributed by atoms with Gasteiger partial charge in [-0.15, -0.1) is 0 Å². The second kappa shape index (κ2) is 7.18. The minimum absolute atomic E-state index is 0.187. The number of likely N-dealkylation sites (tertiary alicyclic amines) is 1. The smallest absolute Gasteiger partial charge is 0.410 e. The van der Waals surface area contributed by atoms with Crippen molar-refractivity contribution < 1.29 is 13.9 Å². The average Bonchev–Trinajstić information content (AvgIpc) is 2.97. The molecule has 0 saturated carbocycles. The molecule has 22 heavy (non-hydrogen) atoms. The van der Waals surface area contributed by atoms with Crippen molar-refractivity contribution in [1.29, 1.82) is 0 Å². The first-order valence-corrected chi connectivity index (χ1v) is 8.10. The predicted octanol–water partition coefficient (Wildman–Crippen LogP) is 3.58. The van der Waals surface area contributed by atoms with Gasteiger partial charge >= 0.3 is 6.09 Å². The molecule has 1 N–H and O–H groups in total. The Kier molecular flexibility index (Phi) is 5.51. The van der Waals surface area contributed by atoms with E-state index in [1.54, 1.807) is 6.26 Å². The highest BCUT2D eigenvalue weighted by Crippen LogP contribution is 2.20. The zero-order valence-electron chi connectivity index (χ0n) is 14.1. The summed E-state index contributed by atoms with van der Waals surface area (Å²) in [5.74, 6) is 1.40. The Morgan fingerprint density at radius 3 is 2.95 bits per heavy atom. The molecule has 2 rings (SSSR count). The number of furan rings is 1. The van der Waals surface area contributed by atoms with Crippen LogP contribution in [0.3, 0.4) is 0 Å². The van der Waals surface area contributed by atoms with Crippen LogP contribution in [0.4, 0.5) is 4.79 Å². The number of hydrogen-bond donors (Lipinski definition) is 1. The van der Waals surface area contributed by atoms with Gasteiger partial charge in [-0.1, -0.05) is 0 Å². The van der Waals surface area contributed by atoms with Crippen LogP contribution in [0.2, 0.25) is 0 Å². The zero-order chi connectivity index (χ0) is 16.2. The number of hydrogen-bond acceptors (Lipinski definition) is 4. The number of ether oxygens (including phenoxy) is 1. The number of nitrogens with zero attached hydrogens (tertiary/aromatic N) is 1. The lowest BCUT2D eigenvalue weighted by Gasteiger charge is -2.34. The second-order valence-electron chi connectivity index (χ2n) is 7.08. The minimum atomic E-state index is -0.434. The predicted molar refractivity (Wildman–Crippen MR) is 85.7 cm³/mol. The number of nitrogens with one attached hydrogen (secondary N) is 1. The first-order valence-electron chi connectivity index (χ1n) is 8.10. The Hall–Kier alpha value is -1.49. The van der Waals surface area contributed by atoms with Crippen LogP contribution < -0.4 is 5.32 Å². The van der Waals surface area contributed by atoms with Gasteiger partial charge in [-0.25, -0.2) is 4.79 Å². The van der Waals surface area contributed by atoms with Crippen molar-refractivity contribution in [1.82, 2.24) is 10.2 Å². The van der Waals surface area contributed by atoms with E-state index in [0.717, 1.165) is 38.2 Å². The van der Waals surface area contributed by atoms with Gasteiger partial charge in [0.05, 0.1) is 12.3 Å². The molecule has 0 aliphatic carbocycles. The molecule has 0 bridgehead atoms. The summed E-state index contributed by atoms with van der Waals surface area (Å²) < 4.78 is 10.9. The summed E-state index contributed by atoms with van der Waals surface area (Å²) in [5, 5.41) is 3.49. The van der Waals surface area contributed by atoms with Gasteiger partial charge in [0.1, 0.15) is 11.4 Å². The van der Waals surface area contributed by atoms with E-state index < -0.39 is 5.60 Å². The first-order chi connectivity index (χ1) is 10.3. The summed E-state index contributed by atoms with van der Waals surface area (Å²) in [6.07, 6.45) is 3.66. The second-order valence-corrected chi connectivity index (χ2v) is 7.08. The van der Waals surface area contributed by atoms with Crippen LogP contribution in [0.15, 0.2) is 22.8 Å². The molecule has 1 aliphatic rings. The molecular weight excluding hydrogens is 280 g/mol. The van der Waals surface area contributed by atoms with Crippen molar-refractivity contribution in [3.05, 3.63) is 24.2 Å². The van der Waals surface area contributed by atoms with Crippen LogP contribution >= 0.6 is 0 Å². The highest BCUT2D eigenvalue weighted by molar-refractivity contribution is 5.68. The lowest BCUT2D eigenvalue weighted by atomic mass is 9.98. The Morgan fingerprint density at radius 1 is 1.55 bits per heavy atom. The Labute approximate surface area is 133 Å². The summed E-state index contributed by atoms with van der Waals surface area (Å²) in [6.45, 7) is 10.2. The fourth-order valence-corrected chi connectivity index (χ4v) is 2.71. The van der Waals surface area contributed by atoms with Crippen LogP contribution in [-0.2, 0) is 4.74 Å². The monoisotopic (exact) mass is 308 g/mol. The molecule has 124 valence electrons. The maximum Gasteiger partial charge on any atom is 0.410 e. The molecule has 0 aromatic carbocycles. The van der Waals surface area contributed by atoms with Crippen molar-refractivity contribution in [2.45, 2.75) is 52.2 Å². The number of amides is 1. The van der Waals surface area contributed by atoms with Crippen molar-refractivity contribution in [3.8, 4) is 0 Å². The Bertz CT molecular complexity index is 465. The summed E-state index contributed by atoms with van der Waals surface area (Å²) >= 11 is 0. The lowest BCUT2D eigenvalue weighted by molar-refractivity contribution is 0.0165. The van der Waals surface area contributed by atoms with Gasteiger partial charge < -0.3 is 19.4 Å². The van der Waals surface area contributed by atoms with Crippen LogP contribution in [0.1, 0.15) is 52.3 Å². The van der Waals surface area contributed by atoms with E-state index >= 15 is 0 Å². The Balaban J connectivity index is 1.79. The maximum atomic E-state index is 12.2. The summed E-state index contributed by atoms with van der Waals surface area (Å²) in [5.41, 5.74) is -0.434. The van der Waals surface area contributed by atoms with E-state index in [2.05, 4.69) is 12.2 Å². The third-order valence-electron chi connectivity index (χ3n) is 3.85. The van der Waals surface area contributed by atoms with Gasteiger partial charge in [0, 0.05) is 19.6 Å². The van der Waals surface area contributed by atoms with Gasteiger partial charge in [0.15, 0.2) is 0 Å².